The Labute approximate surface area is 111 Å². The summed E-state index contributed by atoms with van der Waals surface area (Å²) in [6.07, 6.45) is 7.57. The molecule has 100 valence electrons. The predicted octanol–water partition coefficient (Wildman–Crippen LogP) is 1.28. The van der Waals surface area contributed by atoms with Gasteiger partial charge in [-0.3, -0.25) is 4.79 Å². The van der Waals surface area contributed by atoms with Gasteiger partial charge in [0.2, 0.25) is 5.91 Å². The number of nitrogens with two attached hydrogens (primary N) is 1. The number of imidazole rings is 1. The van der Waals surface area contributed by atoms with Gasteiger partial charge in [0, 0.05) is 24.2 Å². The number of rotatable bonds is 8. The maximum Gasteiger partial charge on any atom is 0.237 e. The van der Waals surface area contributed by atoms with Crippen LogP contribution in [0.3, 0.4) is 0 Å². The zero-order valence-electron chi connectivity index (χ0n) is 10.6. The molecule has 1 saturated carbocycles. The largest absolute Gasteiger partial charge is 0.368 e. The third kappa shape index (κ3) is 3.74. The number of primary amides is 1. The van der Waals surface area contributed by atoms with Crippen LogP contribution in [0, 0.1) is 0 Å². The molecular weight excluding hydrogens is 248 g/mol. The molecule has 1 heterocycles. The number of aromatic nitrogens is 2. The number of hydrogen-bond acceptors (Lipinski definition) is 4. The van der Waals surface area contributed by atoms with Gasteiger partial charge in [0.1, 0.15) is 0 Å². The third-order valence-electron chi connectivity index (χ3n) is 3.18. The summed E-state index contributed by atoms with van der Waals surface area (Å²) in [5.41, 5.74) is 4.93. The molecule has 4 N–H and O–H groups in total. The summed E-state index contributed by atoms with van der Waals surface area (Å²) >= 11 is 1.67. The fourth-order valence-corrected chi connectivity index (χ4v) is 2.64. The summed E-state index contributed by atoms with van der Waals surface area (Å²) < 4.78 is 0. The van der Waals surface area contributed by atoms with E-state index in [1.165, 1.54) is 0 Å². The van der Waals surface area contributed by atoms with Gasteiger partial charge in [-0.05, 0) is 32.6 Å². The summed E-state index contributed by atoms with van der Waals surface area (Å²) in [7, 11) is 0. The Kier molecular flexibility index (Phi) is 4.29. The van der Waals surface area contributed by atoms with Crippen molar-refractivity contribution in [3.63, 3.8) is 0 Å². The van der Waals surface area contributed by atoms with Crippen molar-refractivity contribution in [3.05, 3.63) is 12.4 Å². The molecule has 1 amide bonds. The van der Waals surface area contributed by atoms with Crippen molar-refractivity contribution >= 4 is 17.7 Å². The molecular formula is C12H20N4OS. The summed E-state index contributed by atoms with van der Waals surface area (Å²) in [5.74, 6) is 0.681. The van der Waals surface area contributed by atoms with Gasteiger partial charge < -0.3 is 16.0 Å². The molecule has 0 aromatic carbocycles. The van der Waals surface area contributed by atoms with Crippen LogP contribution in [0.4, 0.5) is 0 Å². The lowest BCUT2D eigenvalue weighted by atomic mass is 9.95. The summed E-state index contributed by atoms with van der Waals surface area (Å²) in [4.78, 5) is 18.7. The molecule has 0 aliphatic heterocycles. The quantitative estimate of drug-likeness (QED) is 0.490. The number of carbonyl (C=O) groups excluding carboxylic acids is 1. The van der Waals surface area contributed by atoms with Crippen LogP contribution in [-0.2, 0) is 4.79 Å². The average Bonchev–Trinajstić information content (AvgIpc) is 2.97. The van der Waals surface area contributed by atoms with Crippen LogP contribution in [0.25, 0.3) is 0 Å². The Morgan fingerprint density at radius 2 is 2.50 bits per heavy atom. The van der Waals surface area contributed by atoms with E-state index in [-0.39, 0.29) is 5.91 Å². The Balaban J connectivity index is 1.73. The smallest absolute Gasteiger partial charge is 0.237 e. The number of thioether (sulfide) groups is 1. The molecule has 1 aromatic rings. The van der Waals surface area contributed by atoms with Crippen molar-refractivity contribution in [1.82, 2.24) is 15.3 Å². The minimum Gasteiger partial charge on any atom is -0.368 e. The van der Waals surface area contributed by atoms with E-state index in [4.69, 9.17) is 5.73 Å². The van der Waals surface area contributed by atoms with E-state index in [9.17, 15) is 4.79 Å². The lowest BCUT2D eigenvalue weighted by Gasteiger charge is -2.27. The molecule has 1 atom stereocenters. The Hall–Kier alpha value is -1.01. The van der Waals surface area contributed by atoms with Crippen LogP contribution < -0.4 is 11.1 Å². The van der Waals surface area contributed by atoms with Gasteiger partial charge in [-0.1, -0.05) is 11.8 Å². The van der Waals surface area contributed by atoms with Crippen molar-refractivity contribution in [2.45, 2.75) is 49.3 Å². The lowest BCUT2D eigenvalue weighted by Crippen LogP contribution is -2.54. The normalized spacial score (nSPS) is 18.5. The molecule has 2 rings (SSSR count). The van der Waals surface area contributed by atoms with Gasteiger partial charge >= 0.3 is 0 Å². The zero-order valence-corrected chi connectivity index (χ0v) is 11.4. The lowest BCUT2D eigenvalue weighted by molar-refractivity contribution is -0.124. The van der Waals surface area contributed by atoms with Gasteiger partial charge in [-0.15, -0.1) is 0 Å². The molecule has 1 aromatic heterocycles. The highest BCUT2D eigenvalue weighted by atomic mass is 32.2. The van der Waals surface area contributed by atoms with Crippen molar-refractivity contribution in [3.8, 4) is 0 Å². The second-order valence-corrected chi connectivity index (χ2v) is 6.04. The van der Waals surface area contributed by atoms with Gasteiger partial charge in [0.25, 0.3) is 0 Å². The molecule has 6 heteroatoms. The second-order valence-electron chi connectivity index (χ2n) is 4.96. The molecule has 0 spiro atoms. The number of nitrogens with one attached hydrogen (secondary N) is 2. The van der Waals surface area contributed by atoms with Crippen molar-refractivity contribution in [2.75, 3.05) is 5.75 Å². The first kappa shape index (κ1) is 13.4. The first-order valence-corrected chi connectivity index (χ1v) is 7.28. The topological polar surface area (TPSA) is 83.8 Å². The van der Waals surface area contributed by atoms with E-state index in [2.05, 4.69) is 15.3 Å². The van der Waals surface area contributed by atoms with E-state index in [1.807, 2.05) is 13.1 Å². The number of H-pyrrole nitrogens is 1. The summed E-state index contributed by atoms with van der Waals surface area (Å²) in [6.45, 7) is 1.91. The highest BCUT2D eigenvalue weighted by Crippen LogP contribution is 2.25. The molecule has 0 bridgehead atoms. The van der Waals surface area contributed by atoms with Crippen LogP contribution in [-0.4, -0.2) is 33.2 Å². The van der Waals surface area contributed by atoms with E-state index in [1.54, 1.807) is 18.0 Å². The van der Waals surface area contributed by atoms with Crippen molar-refractivity contribution < 1.29 is 4.79 Å². The van der Waals surface area contributed by atoms with E-state index < -0.39 is 5.54 Å². The standard InChI is InChI=1S/C12H20N4OS/c1-12(10(13)17,16-9-3-4-9)5-2-8-18-11-14-6-7-15-11/h6-7,9,16H,2-5,8H2,1H3,(H2,13,17)(H,14,15). The summed E-state index contributed by atoms with van der Waals surface area (Å²) in [6, 6.07) is 0.486. The highest BCUT2D eigenvalue weighted by molar-refractivity contribution is 7.99. The van der Waals surface area contributed by atoms with Crippen molar-refractivity contribution in [2.24, 2.45) is 5.73 Å². The molecule has 1 fully saturated rings. The van der Waals surface area contributed by atoms with Crippen LogP contribution in [0.15, 0.2) is 17.6 Å². The minimum atomic E-state index is -0.565. The minimum absolute atomic E-state index is 0.252. The fourth-order valence-electron chi connectivity index (χ4n) is 1.87. The number of nitrogens with zero attached hydrogens (tertiary/aromatic N) is 1. The Bertz CT molecular complexity index is 391. The molecule has 1 unspecified atom stereocenters. The highest BCUT2D eigenvalue weighted by Gasteiger charge is 2.36. The number of aromatic amines is 1. The number of hydrogen-bond donors (Lipinski definition) is 3. The van der Waals surface area contributed by atoms with E-state index in [0.717, 1.165) is 36.6 Å². The monoisotopic (exact) mass is 268 g/mol. The summed E-state index contributed by atoms with van der Waals surface area (Å²) in [5, 5.41) is 4.28. The van der Waals surface area contributed by atoms with E-state index >= 15 is 0 Å². The predicted molar refractivity (Wildman–Crippen MR) is 72.3 cm³/mol. The first-order valence-electron chi connectivity index (χ1n) is 6.30. The van der Waals surface area contributed by atoms with Gasteiger partial charge in [-0.25, -0.2) is 4.98 Å². The maximum absolute atomic E-state index is 11.5. The molecule has 5 nitrogen and oxygen atoms in total. The SMILES string of the molecule is CC(CCCSc1ncc[nH]1)(NC1CC1)C(N)=O. The van der Waals surface area contributed by atoms with Crippen LogP contribution >= 0.6 is 11.8 Å². The average molecular weight is 268 g/mol. The zero-order chi connectivity index (χ0) is 13.0. The maximum atomic E-state index is 11.5. The second kappa shape index (κ2) is 5.75. The molecule has 18 heavy (non-hydrogen) atoms. The van der Waals surface area contributed by atoms with E-state index in [0.29, 0.717) is 6.04 Å². The van der Waals surface area contributed by atoms with Gasteiger partial charge in [0.15, 0.2) is 5.16 Å². The molecule has 0 radical (unpaired) electrons. The molecule has 1 aliphatic rings. The van der Waals surface area contributed by atoms with Gasteiger partial charge in [-0.2, -0.15) is 0 Å². The van der Waals surface area contributed by atoms with Gasteiger partial charge in [0.05, 0.1) is 5.54 Å². The van der Waals surface area contributed by atoms with Crippen LogP contribution in [0.1, 0.15) is 32.6 Å². The Morgan fingerprint density at radius 1 is 1.72 bits per heavy atom. The third-order valence-corrected chi connectivity index (χ3v) is 4.17. The van der Waals surface area contributed by atoms with Crippen LogP contribution in [0.2, 0.25) is 0 Å². The Morgan fingerprint density at radius 3 is 3.06 bits per heavy atom. The van der Waals surface area contributed by atoms with Crippen LogP contribution in [0.5, 0.6) is 0 Å². The fraction of sp³-hybridized carbons (Fsp3) is 0.667. The molecule has 1 aliphatic carbocycles. The number of amides is 1. The number of carbonyl (C=O) groups is 1. The first-order chi connectivity index (χ1) is 8.60. The molecule has 0 saturated heterocycles. The van der Waals surface area contributed by atoms with Crippen molar-refractivity contribution in [1.29, 1.82) is 0 Å².